The maximum Gasteiger partial charge on any atom is 0.255 e. The van der Waals surface area contributed by atoms with Crippen LogP contribution in [0.2, 0.25) is 5.02 Å². The summed E-state index contributed by atoms with van der Waals surface area (Å²) in [7, 11) is 0. The van der Waals surface area contributed by atoms with Crippen molar-refractivity contribution >= 4 is 22.4 Å². The summed E-state index contributed by atoms with van der Waals surface area (Å²) in [6.45, 7) is 2.15. The third-order valence-electron chi connectivity index (χ3n) is 6.37. The first-order valence-electron chi connectivity index (χ1n) is 10.8. The number of nitrogens with two attached hydrogens (primary N) is 1. The van der Waals surface area contributed by atoms with Gasteiger partial charge in [0.05, 0.1) is 11.1 Å². The molecule has 1 unspecified atom stereocenters. The van der Waals surface area contributed by atoms with E-state index in [0.29, 0.717) is 22.1 Å². The fourth-order valence-corrected chi connectivity index (χ4v) is 4.72. The summed E-state index contributed by atoms with van der Waals surface area (Å²) in [5, 5.41) is 1.97. The zero-order valence-corrected chi connectivity index (χ0v) is 18.1. The summed E-state index contributed by atoms with van der Waals surface area (Å²) in [5.74, 6) is 1.24. The van der Waals surface area contributed by atoms with Crippen LogP contribution in [0.25, 0.3) is 10.8 Å². The third kappa shape index (κ3) is 4.55. The van der Waals surface area contributed by atoms with Crippen molar-refractivity contribution in [1.29, 1.82) is 0 Å². The molecule has 1 atom stereocenters. The number of benzene rings is 2. The molecule has 0 amide bonds. The zero-order chi connectivity index (χ0) is 21.1. The van der Waals surface area contributed by atoms with Gasteiger partial charge in [0.2, 0.25) is 0 Å². The second kappa shape index (κ2) is 9.23. The average Bonchev–Trinajstić information content (AvgIpc) is 2.77. The Labute approximate surface area is 182 Å². The smallest absolute Gasteiger partial charge is 0.255 e. The van der Waals surface area contributed by atoms with Gasteiger partial charge in [-0.15, -0.1) is 0 Å². The molecular formula is C25H29ClN2O2. The Balaban J connectivity index is 1.59. The van der Waals surface area contributed by atoms with E-state index < -0.39 is 0 Å². The van der Waals surface area contributed by atoms with Gasteiger partial charge in [-0.1, -0.05) is 48.9 Å². The van der Waals surface area contributed by atoms with Gasteiger partial charge in [0.15, 0.2) is 0 Å². The first kappa shape index (κ1) is 21.0. The molecule has 1 heterocycles. The molecule has 5 heteroatoms. The van der Waals surface area contributed by atoms with Crippen molar-refractivity contribution in [1.82, 2.24) is 4.98 Å². The van der Waals surface area contributed by atoms with E-state index in [9.17, 15) is 4.79 Å². The highest BCUT2D eigenvalue weighted by atomic mass is 35.5. The molecule has 1 aliphatic carbocycles. The van der Waals surface area contributed by atoms with Gasteiger partial charge in [-0.05, 0) is 73.1 Å². The van der Waals surface area contributed by atoms with Gasteiger partial charge in [0.25, 0.3) is 5.56 Å². The van der Waals surface area contributed by atoms with Gasteiger partial charge in [0, 0.05) is 17.6 Å². The highest BCUT2D eigenvalue weighted by Crippen LogP contribution is 2.35. The minimum absolute atomic E-state index is 0.135. The van der Waals surface area contributed by atoms with Crippen LogP contribution in [-0.4, -0.2) is 17.1 Å². The maximum atomic E-state index is 12.4. The highest BCUT2D eigenvalue weighted by Gasteiger charge is 2.26. The second-order valence-electron chi connectivity index (χ2n) is 8.36. The van der Waals surface area contributed by atoms with Crippen LogP contribution in [0.15, 0.2) is 53.5 Å². The van der Waals surface area contributed by atoms with Crippen molar-refractivity contribution in [3.05, 3.63) is 75.2 Å². The number of rotatable bonds is 6. The number of pyridine rings is 1. The fourth-order valence-electron chi connectivity index (χ4n) is 4.51. The Kier molecular flexibility index (Phi) is 6.45. The van der Waals surface area contributed by atoms with E-state index in [1.165, 1.54) is 5.56 Å². The molecule has 3 aromatic rings. The van der Waals surface area contributed by atoms with Crippen LogP contribution in [0.5, 0.6) is 5.75 Å². The fraction of sp³-hybridized carbons (Fsp3) is 0.400. The Morgan fingerprint density at radius 3 is 2.57 bits per heavy atom. The SMILES string of the molecule is CCC(N)C1CCC(Oc2cc3c(Cc4ccccc4)c[nH]c(=O)c3cc2Cl)CC1. The van der Waals surface area contributed by atoms with Crippen LogP contribution < -0.4 is 16.0 Å². The monoisotopic (exact) mass is 424 g/mol. The Morgan fingerprint density at radius 1 is 1.13 bits per heavy atom. The molecule has 1 fully saturated rings. The van der Waals surface area contributed by atoms with E-state index in [0.717, 1.165) is 49.5 Å². The topological polar surface area (TPSA) is 68.1 Å². The van der Waals surface area contributed by atoms with Crippen molar-refractivity contribution in [3.8, 4) is 5.75 Å². The van der Waals surface area contributed by atoms with E-state index in [-0.39, 0.29) is 17.7 Å². The van der Waals surface area contributed by atoms with E-state index in [4.69, 9.17) is 22.1 Å². The van der Waals surface area contributed by atoms with Crippen molar-refractivity contribution in [2.75, 3.05) is 0 Å². The van der Waals surface area contributed by atoms with Crippen LogP contribution in [-0.2, 0) is 6.42 Å². The number of nitrogens with one attached hydrogen (secondary N) is 1. The Morgan fingerprint density at radius 2 is 1.87 bits per heavy atom. The molecular weight excluding hydrogens is 396 g/mol. The standard InChI is InChI=1S/C25H29ClN2O2/c1-2-23(27)17-8-10-19(11-9-17)30-24-14-20-18(12-16-6-4-3-5-7-16)15-28-25(29)21(20)13-22(24)26/h3-7,13-15,17,19,23H,2,8-12,27H2,1H3,(H,28,29). The number of H-pyrrole nitrogens is 1. The molecule has 0 aliphatic heterocycles. The van der Waals surface area contributed by atoms with Gasteiger partial charge in [-0.25, -0.2) is 0 Å². The lowest BCUT2D eigenvalue weighted by Crippen LogP contribution is -2.35. The third-order valence-corrected chi connectivity index (χ3v) is 6.66. The molecule has 3 N–H and O–H groups in total. The minimum Gasteiger partial charge on any atom is -0.489 e. The number of hydrogen-bond acceptors (Lipinski definition) is 3. The molecule has 0 spiro atoms. The summed E-state index contributed by atoms with van der Waals surface area (Å²) in [6.07, 6.45) is 7.83. The molecule has 30 heavy (non-hydrogen) atoms. The maximum absolute atomic E-state index is 12.4. The lowest BCUT2D eigenvalue weighted by molar-refractivity contribution is 0.122. The van der Waals surface area contributed by atoms with Crippen molar-refractivity contribution in [3.63, 3.8) is 0 Å². The molecule has 0 bridgehead atoms. The zero-order valence-electron chi connectivity index (χ0n) is 17.4. The van der Waals surface area contributed by atoms with Gasteiger partial charge >= 0.3 is 0 Å². The van der Waals surface area contributed by atoms with Crippen LogP contribution in [0.4, 0.5) is 0 Å². The van der Waals surface area contributed by atoms with Gasteiger partial charge in [-0.2, -0.15) is 0 Å². The van der Waals surface area contributed by atoms with Crippen LogP contribution in [0.3, 0.4) is 0 Å². The van der Waals surface area contributed by atoms with Gasteiger partial charge < -0.3 is 15.5 Å². The molecule has 4 rings (SSSR count). The number of fused-ring (bicyclic) bond motifs is 1. The first-order valence-corrected chi connectivity index (χ1v) is 11.2. The lowest BCUT2D eigenvalue weighted by atomic mass is 9.82. The molecule has 1 aliphatic rings. The summed E-state index contributed by atoms with van der Waals surface area (Å²) in [5.41, 5.74) is 8.34. The quantitative estimate of drug-likeness (QED) is 0.553. The number of aromatic amines is 1. The highest BCUT2D eigenvalue weighted by molar-refractivity contribution is 6.32. The molecule has 2 aromatic carbocycles. The summed E-state index contributed by atoms with van der Waals surface area (Å²) in [6, 6.07) is 14.2. The van der Waals surface area contributed by atoms with E-state index in [1.807, 2.05) is 24.3 Å². The predicted molar refractivity (Wildman–Crippen MR) is 123 cm³/mol. The van der Waals surface area contributed by atoms with E-state index >= 15 is 0 Å². The largest absolute Gasteiger partial charge is 0.489 e. The molecule has 0 saturated heterocycles. The lowest BCUT2D eigenvalue weighted by Gasteiger charge is -2.32. The predicted octanol–water partition coefficient (Wildman–Crippen LogP) is 5.45. The van der Waals surface area contributed by atoms with Crippen LogP contribution in [0, 0.1) is 5.92 Å². The second-order valence-corrected chi connectivity index (χ2v) is 8.77. The first-order chi connectivity index (χ1) is 14.5. The Bertz CT molecular complexity index is 1060. The average molecular weight is 425 g/mol. The molecule has 0 radical (unpaired) electrons. The van der Waals surface area contributed by atoms with Crippen molar-refractivity contribution in [2.45, 2.75) is 57.6 Å². The summed E-state index contributed by atoms with van der Waals surface area (Å²) >= 11 is 6.51. The molecule has 1 aromatic heterocycles. The van der Waals surface area contributed by atoms with Crippen molar-refractivity contribution < 1.29 is 4.74 Å². The Hall–Kier alpha value is -2.30. The normalized spacial score (nSPS) is 20.2. The molecule has 158 valence electrons. The summed E-state index contributed by atoms with van der Waals surface area (Å²) < 4.78 is 6.32. The number of aromatic nitrogens is 1. The van der Waals surface area contributed by atoms with E-state index in [1.54, 1.807) is 12.3 Å². The van der Waals surface area contributed by atoms with Gasteiger partial charge in [-0.3, -0.25) is 4.79 Å². The van der Waals surface area contributed by atoms with E-state index in [2.05, 4.69) is 24.0 Å². The van der Waals surface area contributed by atoms with Gasteiger partial charge in [0.1, 0.15) is 5.75 Å². The number of hydrogen-bond donors (Lipinski definition) is 2. The molecule has 1 saturated carbocycles. The minimum atomic E-state index is -0.135. The van der Waals surface area contributed by atoms with Crippen LogP contribution >= 0.6 is 11.6 Å². The number of halogens is 1. The van der Waals surface area contributed by atoms with Crippen LogP contribution in [0.1, 0.15) is 50.2 Å². The number of ether oxygens (including phenoxy) is 1. The summed E-state index contributed by atoms with van der Waals surface area (Å²) in [4.78, 5) is 15.2. The molecule has 4 nitrogen and oxygen atoms in total. The van der Waals surface area contributed by atoms with Crippen molar-refractivity contribution in [2.24, 2.45) is 11.7 Å².